The lowest BCUT2D eigenvalue weighted by Gasteiger charge is -2.33. The summed E-state index contributed by atoms with van der Waals surface area (Å²) in [5.74, 6) is 1.42. The molecule has 1 fully saturated rings. The van der Waals surface area contributed by atoms with E-state index in [2.05, 4.69) is 28.9 Å². The molecule has 4 nitrogen and oxygen atoms in total. The Kier molecular flexibility index (Phi) is 6.73. The highest BCUT2D eigenvalue weighted by atomic mass is 16.5. The number of carbonyl (C=O) groups excluding carboxylic acids is 1. The number of allylic oxidation sites excluding steroid dienone is 4. The lowest BCUT2D eigenvalue weighted by molar-refractivity contribution is 0.0600. The Balaban J connectivity index is 1.86. The molecule has 0 amide bonds. The summed E-state index contributed by atoms with van der Waals surface area (Å²) in [7, 11) is 5.09. The number of hydrogen-bond donors (Lipinski definition) is 1. The summed E-state index contributed by atoms with van der Waals surface area (Å²) in [5.41, 5.74) is 10.5. The molecule has 28 heavy (non-hydrogen) atoms. The van der Waals surface area contributed by atoms with Crippen LogP contribution in [0.15, 0.2) is 64.8 Å². The van der Waals surface area contributed by atoms with Crippen molar-refractivity contribution in [2.45, 2.75) is 19.3 Å². The van der Waals surface area contributed by atoms with Gasteiger partial charge in [0.25, 0.3) is 0 Å². The second-order valence-electron chi connectivity index (χ2n) is 7.21. The van der Waals surface area contributed by atoms with Gasteiger partial charge in [0.05, 0.1) is 19.8 Å². The lowest BCUT2D eigenvalue weighted by atomic mass is 9.72. The van der Waals surface area contributed by atoms with Crippen LogP contribution in [0.25, 0.3) is 6.08 Å². The molecule has 4 heteroatoms. The van der Waals surface area contributed by atoms with Gasteiger partial charge in [-0.2, -0.15) is 0 Å². The maximum absolute atomic E-state index is 11.8. The molecular formula is C24H27NO3. The van der Waals surface area contributed by atoms with Gasteiger partial charge >= 0.3 is 5.97 Å². The molecule has 0 saturated heterocycles. The zero-order valence-corrected chi connectivity index (χ0v) is 16.7. The predicted octanol–water partition coefficient (Wildman–Crippen LogP) is 4.27. The fourth-order valence-corrected chi connectivity index (χ4v) is 3.97. The van der Waals surface area contributed by atoms with Gasteiger partial charge in [0.1, 0.15) is 5.76 Å². The number of nitrogens with one attached hydrogen (secondary N) is 1. The number of hydrogen-bond acceptors (Lipinski definition) is 4. The Hall–Kier alpha value is -2.77. The van der Waals surface area contributed by atoms with E-state index in [1.54, 1.807) is 13.2 Å². The first-order valence-corrected chi connectivity index (χ1v) is 9.64. The maximum Gasteiger partial charge on any atom is 0.337 e. The molecule has 1 aromatic carbocycles. The van der Waals surface area contributed by atoms with Crippen LogP contribution >= 0.6 is 0 Å². The smallest absolute Gasteiger partial charge is 0.337 e. The third kappa shape index (κ3) is 4.74. The molecule has 0 radical (unpaired) electrons. The van der Waals surface area contributed by atoms with Gasteiger partial charge in [-0.1, -0.05) is 35.2 Å². The van der Waals surface area contributed by atoms with Gasteiger partial charge < -0.3 is 14.8 Å². The quantitative estimate of drug-likeness (QED) is 0.594. The van der Waals surface area contributed by atoms with Crippen molar-refractivity contribution in [3.05, 3.63) is 75.9 Å². The summed E-state index contributed by atoms with van der Waals surface area (Å²) in [5, 5.41) is 3.33. The Morgan fingerprint density at radius 1 is 1.36 bits per heavy atom. The Morgan fingerprint density at radius 3 is 2.96 bits per heavy atom. The monoisotopic (exact) mass is 377 g/mol. The van der Waals surface area contributed by atoms with Crippen molar-refractivity contribution < 1.29 is 14.3 Å². The first-order valence-electron chi connectivity index (χ1n) is 9.64. The van der Waals surface area contributed by atoms with Gasteiger partial charge in [0.15, 0.2) is 0 Å². The number of carbonyl (C=O) groups is 1. The maximum atomic E-state index is 11.8. The summed E-state index contributed by atoms with van der Waals surface area (Å²) in [6.07, 6.45) is 9.22. The van der Waals surface area contributed by atoms with Crippen LogP contribution < -0.4 is 5.32 Å². The highest BCUT2D eigenvalue weighted by Crippen LogP contribution is 2.39. The number of benzene rings is 1. The second-order valence-corrected chi connectivity index (χ2v) is 7.21. The van der Waals surface area contributed by atoms with E-state index in [-0.39, 0.29) is 5.97 Å². The van der Waals surface area contributed by atoms with E-state index in [1.165, 1.54) is 12.7 Å². The molecule has 1 aromatic rings. The Labute approximate surface area is 166 Å². The molecule has 2 aliphatic rings. The topological polar surface area (TPSA) is 47.6 Å². The molecule has 0 bridgehead atoms. The van der Waals surface area contributed by atoms with Gasteiger partial charge in [-0.15, -0.1) is 0 Å². The molecule has 2 atom stereocenters. The molecule has 146 valence electrons. The van der Waals surface area contributed by atoms with Crippen LogP contribution in [-0.4, -0.2) is 33.8 Å². The molecule has 0 heterocycles. The molecule has 2 unspecified atom stereocenters. The minimum atomic E-state index is -0.308. The van der Waals surface area contributed by atoms with E-state index in [0.717, 1.165) is 42.7 Å². The van der Waals surface area contributed by atoms with Crippen LogP contribution in [0, 0.1) is 11.8 Å². The summed E-state index contributed by atoms with van der Waals surface area (Å²) in [4.78, 5) is 11.8. The van der Waals surface area contributed by atoms with Crippen LogP contribution in [-0.2, 0) is 9.47 Å². The average Bonchev–Trinajstić information content (AvgIpc) is 2.74. The average molecular weight is 377 g/mol. The number of rotatable bonds is 6. The summed E-state index contributed by atoms with van der Waals surface area (Å²) in [6, 6.07) is 7.59. The Bertz CT molecular complexity index is 896. The van der Waals surface area contributed by atoms with Crippen molar-refractivity contribution >= 4 is 12.0 Å². The SMILES string of the molecule is CNCC1CC/C(=C\c2cccc(C(=O)OC)c2)CC1C1=C=C=CC(OC)=C1. The Morgan fingerprint density at radius 2 is 2.21 bits per heavy atom. The molecule has 1 saturated carbocycles. The van der Waals surface area contributed by atoms with Crippen molar-refractivity contribution in [2.75, 3.05) is 27.8 Å². The normalized spacial score (nSPS) is 22.6. The highest BCUT2D eigenvalue weighted by molar-refractivity contribution is 5.90. The molecule has 3 rings (SSSR count). The molecule has 0 aromatic heterocycles. The first-order chi connectivity index (χ1) is 13.6. The van der Waals surface area contributed by atoms with Crippen molar-refractivity contribution in [3.63, 3.8) is 0 Å². The van der Waals surface area contributed by atoms with Crippen LogP contribution in [0.1, 0.15) is 35.2 Å². The van der Waals surface area contributed by atoms with Crippen molar-refractivity contribution in [1.29, 1.82) is 0 Å². The van der Waals surface area contributed by atoms with Gasteiger partial charge in [-0.25, -0.2) is 4.79 Å². The van der Waals surface area contributed by atoms with Gasteiger partial charge in [-0.3, -0.25) is 0 Å². The molecule has 1 N–H and O–H groups in total. The minimum Gasteiger partial charge on any atom is -0.496 e. The van der Waals surface area contributed by atoms with E-state index in [4.69, 9.17) is 9.47 Å². The minimum absolute atomic E-state index is 0.308. The first kappa shape index (κ1) is 20.0. The van der Waals surface area contributed by atoms with Crippen LogP contribution in [0.4, 0.5) is 0 Å². The highest BCUT2D eigenvalue weighted by Gasteiger charge is 2.29. The van der Waals surface area contributed by atoms with Crippen molar-refractivity contribution in [3.8, 4) is 0 Å². The fraction of sp³-hybridized carbons (Fsp3) is 0.375. The van der Waals surface area contributed by atoms with E-state index in [0.29, 0.717) is 17.4 Å². The third-order valence-corrected chi connectivity index (χ3v) is 5.40. The standard InChI is InChI=1S/C24H27NO3/c1-25-16-21-11-10-18(12-17-6-4-8-20(13-17)24(26)28-3)14-23(21)19-7-5-9-22(15-19)27-2/h4,6,8-9,12-13,15,21,23,25H,10-11,14,16H2,1-3H3/b18-12+. The van der Waals surface area contributed by atoms with Gasteiger partial charge in [0, 0.05) is 11.6 Å². The summed E-state index contributed by atoms with van der Waals surface area (Å²) in [6.45, 7) is 0.973. The molecule has 0 spiro atoms. The molecule has 2 aliphatic carbocycles. The van der Waals surface area contributed by atoms with Crippen LogP contribution in [0.5, 0.6) is 0 Å². The molecule has 0 aliphatic heterocycles. The van der Waals surface area contributed by atoms with Gasteiger partial charge in [-0.05, 0) is 68.5 Å². The predicted molar refractivity (Wildman–Crippen MR) is 111 cm³/mol. The number of methoxy groups -OCH3 is 2. The van der Waals surface area contributed by atoms with E-state index in [9.17, 15) is 4.79 Å². The van der Waals surface area contributed by atoms with E-state index >= 15 is 0 Å². The van der Waals surface area contributed by atoms with Crippen molar-refractivity contribution in [2.24, 2.45) is 11.8 Å². The molecular weight excluding hydrogens is 350 g/mol. The van der Waals surface area contributed by atoms with E-state index in [1.807, 2.05) is 31.3 Å². The van der Waals surface area contributed by atoms with Crippen molar-refractivity contribution in [1.82, 2.24) is 5.32 Å². The van der Waals surface area contributed by atoms with E-state index < -0.39 is 0 Å². The number of esters is 1. The lowest BCUT2D eigenvalue weighted by Crippen LogP contribution is -2.30. The number of ether oxygens (including phenoxy) is 2. The summed E-state index contributed by atoms with van der Waals surface area (Å²) < 4.78 is 10.2. The fourth-order valence-electron chi connectivity index (χ4n) is 3.97. The summed E-state index contributed by atoms with van der Waals surface area (Å²) >= 11 is 0. The third-order valence-electron chi connectivity index (χ3n) is 5.40. The zero-order valence-electron chi connectivity index (χ0n) is 16.7. The van der Waals surface area contributed by atoms with Crippen LogP contribution in [0.2, 0.25) is 0 Å². The zero-order chi connectivity index (χ0) is 19.9. The van der Waals surface area contributed by atoms with Crippen LogP contribution in [0.3, 0.4) is 0 Å². The van der Waals surface area contributed by atoms with Gasteiger partial charge in [0.2, 0.25) is 0 Å². The second kappa shape index (κ2) is 9.43. The largest absolute Gasteiger partial charge is 0.496 e.